The number of nitrogens with zero attached hydrogens (tertiary/aromatic N) is 3. The summed E-state index contributed by atoms with van der Waals surface area (Å²) < 4.78 is 12.1. The fourth-order valence-electron chi connectivity index (χ4n) is 6.19. The maximum absolute atomic E-state index is 6.03. The van der Waals surface area contributed by atoms with E-state index in [1.165, 1.54) is 16.3 Å². The largest absolute Gasteiger partial charge is 0.436 e. The lowest BCUT2D eigenvalue weighted by atomic mass is 9.86. The van der Waals surface area contributed by atoms with Gasteiger partial charge in [0.25, 0.3) is 0 Å². The fraction of sp³-hybridized carbons (Fsp3) is 0. The second-order valence-electron chi connectivity index (χ2n) is 10.8. The van der Waals surface area contributed by atoms with Crippen LogP contribution in [0.3, 0.4) is 0 Å². The van der Waals surface area contributed by atoms with E-state index in [9.17, 15) is 0 Å². The second kappa shape index (κ2) is 9.75. The first kappa shape index (κ1) is 24.5. The second-order valence-corrected chi connectivity index (χ2v) is 10.8. The number of rotatable bonds is 4. The molecule has 0 aliphatic carbocycles. The molecule has 3 aromatic heterocycles. The van der Waals surface area contributed by atoms with Crippen LogP contribution in [0.4, 0.5) is 0 Å². The van der Waals surface area contributed by atoms with Gasteiger partial charge >= 0.3 is 0 Å². The lowest BCUT2D eigenvalue weighted by Crippen LogP contribution is -1.92. The standard InChI is InChI=1S/C39H23N3O2/c1-2-8-29-28(7-1)36(24-13-17-26(18-14-24)38-41-32-9-3-5-11-34(32)43-38)30-21-22-40-23-31(30)37(29)25-15-19-27(20-16-25)39-42-33-10-4-6-12-35(33)44-39/h1-23H. The van der Waals surface area contributed by atoms with Crippen LogP contribution in [0, 0.1) is 0 Å². The Morgan fingerprint density at radius 2 is 0.818 bits per heavy atom. The van der Waals surface area contributed by atoms with Gasteiger partial charge in [-0.3, -0.25) is 4.98 Å². The van der Waals surface area contributed by atoms with E-state index >= 15 is 0 Å². The van der Waals surface area contributed by atoms with Crippen LogP contribution in [-0.2, 0) is 0 Å². The van der Waals surface area contributed by atoms with E-state index in [1.807, 2.05) is 60.9 Å². The van der Waals surface area contributed by atoms with Crippen molar-refractivity contribution in [1.29, 1.82) is 0 Å². The van der Waals surface area contributed by atoms with Crippen LogP contribution >= 0.6 is 0 Å². The Kier molecular flexibility index (Phi) is 5.43. The van der Waals surface area contributed by atoms with Crippen molar-refractivity contribution in [1.82, 2.24) is 15.0 Å². The van der Waals surface area contributed by atoms with Gasteiger partial charge in [0.05, 0.1) is 0 Å². The topological polar surface area (TPSA) is 65.0 Å². The van der Waals surface area contributed by atoms with Crippen molar-refractivity contribution in [2.45, 2.75) is 0 Å². The van der Waals surface area contributed by atoms with Crippen molar-refractivity contribution in [2.24, 2.45) is 0 Å². The Bertz CT molecular complexity index is 2190. The zero-order valence-corrected chi connectivity index (χ0v) is 23.4. The van der Waals surface area contributed by atoms with Gasteiger partial charge in [0.15, 0.2) is 11.2 Å². The van der Waals surface area contributed by atoms with Gasteiger partial charge in [-0.25, -0.2) is 9.97 Å². The van der Waals surface area contributed by atoms with Crippen molar-refractivity contribution in [2.75, 3.05) is 0 Å². The number of oxazole rings is 2. The lowest BCUT2D eigenvalue weighted by molar-refractivity contribution is 0.619. The van der Waals surface area contributed by atoms with E-state index in [0.29, 0.717) is 11.8 Å². The van der Waals surface area contributed by atoms with Crippen LogP contribution in [0.15, 0.2) is 149 Å². The first-order valence-corrected chi connectivity index (χ1v) is 14.5. The van der Waals surface area contributed by atoms with E-state index < -0.39 is 0 Å². The van der Waals surface area contributed by atoms with Crippen molar-refractivity contribution in [3.8, 4) is 45.2 Å². The van der Waals surface area contributed by atoms with Gasteiger partial charge < -0.3 is 8.83 Å². The quantitative estimate of drug-likeness (QED) is 0.199. The molecule has 0 amide bonds. The minimum atomic E-state index is 0.616. The van der Waals surface area contributed by atoms with Crippen molar-refractivity contribution < 1.29 is 8.83 Å². The first-order chi connectivity index (χ1) is 21.8. The Hall–Kier alpha value is -6.07. The zero-order valence-electron chi connectivity index (χ0n) is 23.4. The summed E-state index contributed by atoms with van der Waals surface area (Å²) in [5.41, 5.74) is 9.71. The first-order valence-electron chi connectivity index (χ1n) is 14.5. The molecule has 0 unspecified atom stereocenters. The number of fused-ring (bicyclic) bond motifs is 4. The summed E-state index contributed by atoms with van der Waals surface area (Å²) in [5.74, 6) is 1.24. The summed E-state index contributed by atoms with van der Waals surface area (Å²) in [7, 11) is 0. The van der Waals surface area contributed by atoms with Gasteiger partial charge in [-0.1, -0.05) is 72.8 Å². The Morgan fingerprint density at radius 3 is 1.34 bits per heavy atom. The van der Waals surface area contributed by atoms with Crippen LogP contribution in [-0.4, -0.2) is 15.0 Å². The Labute approximate surface area is 252 Å². The van der Waals surface area contributed by atoms with Crippen molar-refractivity contribution >= 4 is 43.7 Å². The van der Waals surface area contributed by atoms with Crippen molar-refractivity contribution in [3.63, 3.8) is 0 Å². The number of para-hydroxylation sites is 4. The smallest absolute Gasteiger partial charge is 0.227 e. The minimum Gasteiger partial charge on any atom is -0.436 e. The van der Waals surface area contributed by atoms with Crippen LogP contribution in [0.25, 0.3) is 88.9 Å². The molecule has 0 spiro atoms. The fourth-order valence-corrected chi connectivity index (χ4v) is 6.19. The van der Waals surface area contributed by atoms with Gasteiger partial charge in [-0.2, -0.15) is 0 Å². The molecular formula is C39H23N3O2. The molecule has 0 fully saturated rings. The average molecular weight is 566 g/mol. The molecule has 3 heterocycles. The van der Waals surface area contributed by atoms with Gasteiger partial charge in [0.1, 0.15) is 11.0 Å². The molecule has 6 aromatic carbocycles. The highest BCUT2D eigenvalue weighted by Gasteiger charge is 2.18. The number of hydrogen-bond acceptors (Lipinski definition) is 5. The molecule has 9 aromatic rings. The summed E-state index contributed by atoms with van der Waals surface area (Å²) in [5, 5.41) is 4.59. The lowest BCUT2D eigenvalue weighted by Gasteiger charge is -2.17. The maximum atomic E-state index is 6.03. The molecule has 0 saturated heterocycles. The monoisotopic (exact) mass is 565 g/mol. The number of pyridine rings is 1. The molecule has 0 saturated carbocycles. The van der Waals surface area contributed by atoms with Gasteiger partial charge in [0, 0.05) is 28.9 Å². The molecule has 5 heteroatoms. The summed E-state index contributed by atoms with van der Waals surface area (Å²) in [6.07, 6.45) is 3.84. The Morgan fingerprint density at radius 1 is 0.386 bits per heavy atom. The van der Waals surface area contributed by atoms with E-state index in [0.717, 1.165) is 60.8 Å². The van der Waals surface area contributed by atoms with E-state index in [4.69, 9.17) is 8.83 Å². The molecule has 0 N–H and O–H groups in total. The number of benzene rings is 6. The third-order valence-electron chi connectivity index (χ3n) is 8.25. The molecule has 0 bridgehead atoms. The van der Waals surface area contributed by atoms with Crippen LogP contribution < -0.4 is 0 Å². The predicted octanol–water partition coefficient (Wildman–Crippen LogP) is 10.3. The Balaban J connectivity index is 1.18. The molecule has 44 heavy (non-hydrogen) atoms. The summed E-state index contributed by atoms with van der Waals surface area (Å²) in [6.45, 7) is 0. The van der Waals surface area contributed by atoms with E-state index in [-0.39, 0.29) is 0 Å². The highest BCUT2D eigenvalue weighted by Crippen LogP contribution is 2.44. The van der Waals surface area contributed by atoms with Crippen LogP contribution in [0.1, 0.15) is 0 Å². The molecule has 5 nitrogen and oxygen atoms in total. The minimum absolute atomic E-state index is 0.616. The molecular weight excluding hydrogens is 542 g/mol. The summed E-state index contributed by atoms with van der Waals surface area (Å²) >= 11 is 0. The molecule has 0 radical (unpaired) electrons. The summed E-state index contributed by atoms with van der Waals surface area (Å²) in [6, 6.07) is 43.3. The van der Waals surface area contributed by atoms with E-state index in [1.54, 1.807) is 0 Å². The van der Waals surface area contributed by atoms with Crippen LogP contribution in [0.5, 0.6) is 0 Å². The molecule has 0 aliphatic rings. The van der Waals surface area contributed by atoms with Crippen molar-refractivity contribution in [3.05, 3.63) is 140 Å². The third kappa shape index (κ3) is 3.91. The van der Waals surface area contributed by atoms with Gasteiger partial charge in [-0.05, 0) is 93.0 Å². The SMILES string of the molecule is c1ccc2oc(-c3ccc(-c4c5ccccc5c(-c5ccc(-c6nc7ccccc7o6)cc5)c5cnccc45)cc3)nc2c1. The molecule has 0 atom stereocenters. The predicted molar refractivity (Wildman–Crippen MR) is 176 cm³/mol. The highest BCUT2D eigenvalue weighted by molar-refractivity contribution is 6.21. The summed E-state index contributed by atoms with van der Waals surface area (Å²) in [4.78, 5) is 13.9. The third-order valence-corrected chi connectivity index (χ3v) is 8.25. The van der Waals surface area contributed by atoms with Gasteiger partial charge in [-0.15, -0.1) is 0 Å². The number of hydrogen-bond donors (Lipinski definition) is 0. The zero-order chi connectivity index (χ0) is 29.0. The molecule has 9 rings (SSSR count). The molecule has 0 aliphatic heterocycles. The van der Waals surface area contributed by atoms with Crippen LogP contribution in [0.2, 0.25) is 0 Å². The maximum Gasteiger partial charge on any atom is 0.227 e. The van der Waals surface area contributed by atoms with E-state index in [2.05, 4.69) is 93.8 Å². The number of aromatic nitrogens is 3. The average Bonchev–Trinajstić information content (AvgIpc) is 3.72. The molecule has 206 valence electrons. The highest BCUT2D eigenvalue weighted by atomic mass is 16.4. The normalized spacial score (nSPS) is 11.6. The van der Waals surface area contributed by atoms with Gasteiger partial charge in [0.2, 0.25) is 11.8 Å².